The maximum Gasteiger partial charge on any atom is 0.330 e. The zero-order valence-electron chi connectivity index (χ0n) is 18.5. The number of hydrogen-bond donors (Lipinski definition) is 0. The Morgan fingerprint density at radius 2 is 1.61 bits per heavy atom. The largest absolute Gasteiger partial charge is 0.461 e. The van der Waals surface area contributed by atoms with Gasteiger partial charge in [0.15, 0.2) is 9.84 Å². The van der Waals surface area contributed by atoms with Crippen LogP contribution >= 0.6 is 0 Å². The van der Waals surface area contributed by atoms with E-state index in [2.05, 4.69) is 6.58 Å². The van der Waals surface area contributed by atoms with Gasteiger partial charge in [0.2, 0.25) is 0 Å². The molecule has 0 N–H and O–H groups in total. The Hall–Kier alpha value is -2.86. The van der Waals surface area contributed by atoms with Gasteiger partial charge in [0.1, 0.15) is 6.61 Å². The fourth-order valence-electron chi connectivity index (χ4n) is 2.88. The maximum atomic E-state index is 12.4. The highest BCUT2D eigenvalue weighted by molar-refractivity contribution is 7.91. The van der Waals surface area contributed by atoms with Crippen LogP contribution in [0.2, 0.25) is 0 Å². The molecule has 0 bridgehead atoms. The van der Waals surface area contributed by atoms with Crippen molar-refractivity contribution in [3.05, 3.63) is 72.3 Å². The van der Waals surface area contributed by atoms with Crippen LogP contribution in [0, 0.1) is 5.92 Å². The zero-order valence-corrected chi connectivity index (χ0v) is 19.3. The molecule has 0 saturated carbocycles. The van der Waals surface area contributed by atoms with E-state index in [4.69, 9.17) is 4.74 Å². The van der Waals surface area contributed by atoms with Crippen molar-refractivity contribution < 1.29 is 17.9 Å². The average Bonchev–Trinajstić information content (AvgIpc) is 2.77. The molecule has 0 spiro atoms. The predicted molar refractivity (Wildman–Crippen MR) is 128 cm³/mol. The van der Waals surface area contributed by atoms with Gasteiger partial charge in [-0.2, -0.15) is 0 Å². The number of likely N-dealkylation sites (N-methyl/N-ethyl adjacent to an activating group) is 1. The van der Waals surface area contributed by atoms with E-state index in [9.17, 15) is 13.2 Å². The lowest BCUT2D eigenvalue weighted by molar-refractivity contribution is -0.137. The molecule has 0 aliphatic rings. The second-order valence-electron chi connectivity index (χ2n) is 7.58. The zero-order chi connectivity index (χ0) is 22.9. The lowest BCUT2D eigenvalue weighted by Crippen LogP contribution is -2.23. The van der Waals surface area contributed by atoms with E-state index in [0.29, 0.717) is 18.0 Å². The third kappa shape index (κ3) is 7.72. The highest BCUT2D eigenvalue weighted by atomic mass is 32.2. The number of ether oxygens (including phenoxy) is 1. The molecule has 166 valence electrons. The topological polar surface area (TPSA) is 63.7 Å². The Morgan fingerprint density at radius 1 is 1.06 bits per heavy atom. The minimum Gasteiger partial charge on any atom is -0.461 e. The first-order valence-electron chi connectivity index (χ1n) is 10.4. The number of carbonyl (C=O) groups excluding carboxylic acids is 1. The molecule has 5 nitrogen and oxygen atoms in total. The van der Waals surface area contributed by atoms with Gasteiger partial charge >= 0.3 is 5.97 Å². The SMILES string of the molecule is C=CC(=O)OCCN(C)c1ccc(C=Cc2ccc(S(=O)(=O)C[C@H](C)CC)cc2)cc1. The highest BCUT2D eigenvalue weighted by Crippen LogP contribution is 2.19. The fourth-order valence-corrected chi connectivity index (χ4v) is 4.61. The van der Waals surface area contributed by atoms with Crippen LogP contribution in [0.25, 0.3) is 12.2 Å². The van der Waals surface area contributed by atoms with Crippen molar-refractivity contribution in [2.45, 2.75) is 25.2 Å². The summed E-state index contributed by atoms with van der Waals surface area (Å²) in [4.78, 5) is 13.5. The molecule has 0 fully saturated rings. The van der Waals surface area contributed by atoms with Gasteiger partial charge in [-0.25, -0.2) is 13.2 Å². The van der Waals surface area contributed by atoms with E-state index in [1.54, 1.807) is 12.1 Å². The molecule has 2 aromatic rings. The van der Waals surface area contributed by atoms with Gasteiger partial charge in [0.25, 0.3) is 0 Å². The molecule has 6 heteroatoms. The Kier molecular flexibility index (Phi) is 9.06. The minimum absolute atomic E-state index is 0.147. The van der Waals surface area contributed by atoms with Crippen molar-refractivity contribution in [3.63, 3.8) is 0 Å². The van der Waals surface area contributed by atoms with Crippen LogP contribution in [0.4, 0.5) is 5.69 Å². The fraction of sp³-hybridized carbons (Fsp3) is 0.320. The van der Waals surface area contributed by atoms with Crippen LogP contribution in [-0.4, -0.2) is 40.3 Å². The number of anilines is 1. The van der Waals surface area contributed by atoms with E-state index in [1.807, 2.05) is 74.3 Å². The van der Waals surface area contributed by atoms with Crippen molar-refractivity contribution >= 4 is 33.6 Å². The molecule has 0 unspecified atom stereocenters. The average molecular weight is 442 g/mol. The van der Waals surface area contributed by atoms with Gasteiger partial charge in [-0.15, -0.1) is 0 Å². The normalized spacial score (nSPS) is 12.5. The number of carbonyl (C=O) groups is 1. The maximum absolute atomic E-state index is 12.4. The first-order valence-corrected chi connectivity index (χ1v) is 12.0. The van der Waals surface area contributed by atoms with E-state index in [0.717, 1.165) is 29.3 Å². The molecule has 0 radical (unpaired) electrons. The summed E-state index contributed by atoms with van der Waals surface area (Å²) in [7, 11) is -1.31. The van der Waals surface area contributed by atoms with E-state index < -0.39 is 15.8 Å². The summed E-state index contributed by atoms with van der Waals surface area (Å²) in [5.74, 6) is -0.0975. The molecule has 2 rings (SSSR count). The molecular weight excluding hydrogens is 410 g/mol. The van der Waals surface area contributed by atoms with Crippen molar-refractivity contribution in [2.75, 3.05) is 30.9 Å². The molecule has 0 aromatic heterocycles. The number of nitrogens with zero attached hydrogens (tertiary/aromatic N) is 1. The Labute approximate surface area is 186 Å². The third-order valence-electron chi connectivity index (χ3n) is 5.08. The molecule has 0 saturated heterocycles. The second kappa shape index (κ2) is 11.5. The molecular formula is C25H31NO4S. The monoisotopic (exact) mass is 441 g/mol. The van der Waals surface area contributed by atoms with Crippen molar-refractivity contribution in [1.29, 1.82) is 0 Å². The second-order valence-corrected chi connectivity index (χ2v) is 9.62. The van der Waals surface area contributed by atoms with Gasteiger partial charge in [-0.1, -0.05) is 63.3 Å². The Bertz CT molecular complexity index is 993. The standard InChI is InChI=1S/C25H31NO4S/c1-5-20(3)19-31(28,29)24-15-11-22(12-16-24)8-7-21-9-13-23(14-10-21)26(4)17-18-30-25(27)6-2/h6-16,20H,2,5,17-19H2,1,3-4H3/t20-/m1/s1. The molecule has 1 atom stereocenters. The lowest BCUT2D eigenvalue weighted by Gasteiger charge is -2.19. The predicted octanol–water partition coefficient (Wildman–Crippen LogP) is 4.84. The summed E-state index contributed by atoms with van der Waals surface area (Å²) < 4.78 is 29.9. The summed E-state index contributed by atoms with van der Waals surface area (Å²) in [5, 5.41) is 0. The van der Waals surface area contributed by atoms with E-state index in [1.165, 1.54) is 0 Å². The van der Waals surface area contributed by atoms with Crippen molar-refractivity contribution in [1.82, 2.24) is 0 Å². The van der Waals surface area contributed by atoms with Crippen LogP contribution in [0.1, 0.15) is 31.4 Å². The quantitative estimate of drug-likeness (QED) is 0.284. The molecule has 0 heterocycles. The minimum atomic E-state index is -3.24. The molecule has 0 aliphatic heterocycles. The van der Waals surface area contributed by atoms with E-state index >= 15 is 0 Å². The van der Waals surface area contributed by atoms with Gasteiger partial charge in [0.05, 0.1) is 17.2 Å². The highest BCUT2D eigenvalue weighted by Gasteiger charge is 2.17. The van der Waals surface area contributed by atoms with E-state index in [-0.39, 0.29) is 11.7 Å². The van der Waals surface area contributed by atoms with Gasteiger partial charge < -0.3 is 9.64 Å². The number of sulfone groups is 1. The third-order valence-corrected chi connectivity index (χ3v) is 7.08. The first kappa shape index (κ1) is 24.4. The lowest BCUT2D eigenvalue weighted by atomic mass is 10.1. The van der Waals surface area contributed by atoms with Gasteiger partial charge in [-0.3, -0.25) is 0 Å². The van der Waals surface area contributed by atoms with Gasteiger partial charge in [0, 0.05) is 18.8 Å². The summed E-state index contributed by atoms with van der Waals surface area (Å²) in [6.07, 6.45) is 5.94. The van der Waals surface area contributed by atoms with Gasteiger partial charge in [-0.05, 0) is 41.3 Å². The molecule has 31 heavy (non-hydrogen) atoms. The van der Waals surface area contributed by atoms with Crippen LogP contribution in [0.3, 0.4) is 0 Å². The summed E-state index contributed by atoms with van der Waals surface area (Å²) in [5.41, 5.74) is 2.99. The number of hydrogen-bond acceptors (Lipinski definition) is 5. The van der Waals surface area contributed by atoms with Crippen molar-refractivity contribution in [2.24, 2.45) is 5.92 Å². The molecule has 0 amide bonds. The Morgan fingerprint density at radius 3 is 2.13 bits per heavy atom. The smallest absolute Gasteiger partial charge is 0.330 e. The summed E-state index contributed by atoms with van der Waals surface area (Å²) >= 11 is 0. The van der Waals surface area contributed by atoms with Crippen LogP contribution in [0.15, 0.2) is 66.1 Å². The van der Waals surface area contributed by atoms with Crippen LogP contribution in [0.5, 0.6) is 0 Å². The van der Waals surface area contributed by atoms with Crippen LogP contribution in [-0.2, 0) is 19.4 Å². The summed E-state index contributed by atoms with van der Waals surface area (Å²) in [6.45, 7) is 8.21. The Balaban J connectivity index is 1.96. The molecule has 0 aliphatic carbocycles. The number of benzene rings is 2. The van der Waals surface area contributed by atoms with Crippen LogP contribution < -0.4 is 4.90 Å². The first-order chi connectivity index (χ1) is 14.7. The molecule has 2 aromatic carbocycles. The number of esters is 1. The number of rotatable bonds is 11. The van der Waals surface area contributed by atoms with Crippen molar-refractivity contribution in [3.8, 4) is 0 Å². The summed E-state index contributed by atoms with van der Waals surface area (Å²) in [6, 6.07) is 15.0.